The number of hydrogen-bond donors (Lipinski definition) is 0. The first kappa shape index (κ1) is 22.4. The van der Waals surface area contributed by atoms with Crippen LogP contribution in [-0.4, -0.2) is 24.5 Å². The Kier molecular flexibility index (Phi) is 5.74. The second kappa shape index (κ2) is 8.73. The summed E-state index contributed by atoms with van der Waals surface area (Å²) in [6.45, 7) is 1.90. The van der Waals surface area contributed by atoms with Crippen molar-refractivity contribution in [2.45, 2.75) is 31.6 Å². The minimum absolute atomic E-state index is 0.107. The lowest BCUT2D eigenvalue weighted by Crippen LogP contribution is -2.52. The van der Waals surface area contributed by atoms with Gasteiger partial charge in [0.1, 0.15) is 16.9 Å². The predicted molar refractivity (Wildman–Crippen MR) is 134 cm³/mol. The molecule has 0 aromatic heterocycles. The van der Waals surface area contributed by atoms with Crippen LogP contribution in [0.4, 0.5) is 5.69 Å². The van der Waals surface area contributed by atoms with E-state index in [1.54, 1.807) is 7.11 Å². The minimum atomic E-state index is -1.04. The van der Waals surface area contributed by atoms with E-state index >= 15 is 0 Å². The van der Waals surface area contributed by atoms with Crippen molar-refractivity contribution in [2.24, 2.45) is 10.5 Å². The molecule has 3 aromatic rings. The fourth-order valence-corrected chi connectivity index (χ4v) is 5.86. The molecule has 34 heavy (non-hydrogen) atoms. The third kappa shape index (κ3) is 3.43. The summed E-state index contributed by atoms with van der Waals surface area (Å²) in [5, 5.41) is 6.82. The molecule has 1 spiro atoms. The highest BCUT2D eigenvalue weighted by molar-refractivity contribution is 6.31. The molecule has 172 valence electrons. The topological polar surface area (TPSA) is 59.0 Å². The fourth-order valence-electron chi connectivity index (χ4n) is 5.59. The quantitative estimate of drug-likeness (QED) is 0.468. The van der Waals surface area contributed by atoms with Gasteiger partial charge in [-0.25, -0.2) is 0 Å². The molecule has 6 heteroatoms. The van der Waals surface area contributed by atoms with E-state index in [1.807, 2.05) is 85.8 Å². The Morgan fingerprint density at radius 1 is 0.912 bits per heavy atom. The van der Waals surface area contributed by atoms with Crippen LogP contribution in [0.3, 0.4) is 0 Å². The normalized spacial score (nSPS) is 24.4. The van der Waals surface area contributed by atoms with Gasteiger partial charge in [0, 0.05) is 29.7 Å². The number of Topliss-reactive ketones (excluding diaryl/α,β-unsaturated/α-hetero) is 1. The molecule has 1 amide bonds. The predicted octanol–water partition coefficient (Wildman–Crippen LogP) is 5.99. The average molecular weight is 473 g/mol. The molecule has 1 aliphatic carbocycles. The third-order valence-corrected chi connectivity index (χ3v) is 7.50. The van der Waals surface area contributed by atoms with E-state index < -0.39 is 11.3 Å². The lowest BCUT2D eigenvalue weighted by atomic mass is 9.54. The monoisotopic (exact) mass is 472 g/mol. The van der Waals surface area contributed by atoms with Crippen LogP contribution in [0.5, 0.6) is 5.75 Å². The minimum Gasteiger partial charge on any atom is -0.497 e. The van der Waals surface area contributed by atoms with Crippen molar-refractivity contribution in [1.29, 1.82) is 0 Å². The Hall–Kier alpha value is -3.44. The Morgan fingerprint density at radius 3 is 2.24 bits per heavy atom. The van der Waals surface area contributed by atoms with Crippen molar-refractivity contribution in [1.82, 2.24) is 0 Å². The largest absolute Gasteiger partial charge is 0.497 e. The van der Waals surface area contributed by atoms with Gasteiger partial charge in [-0.1, -0.05) is 60.1 Å². The van der Waals surface area contributed by atoms with E-state index in [0.717, 1.165) is 16.9 Å². The summed E-state index contributed by atoms with van der Waals surface area (Å²) in [4.78, 5) is 27.6. The number of para-hydroxylation sites is 1. The summed E-state index contributed by atoms with van der Waals surface area (Å²) in [7, 11) is 1.61. The van der Waals surface area contributed by atoms with Gasteiger partial charge in [0.25, 0.3) is 5.91 Å². The highest BCUT2D eigenvalue weighted by Gasteiger charge is 2.62. The molecule has 1 saturated carbocycles. The van der Waals surface area contributed by atoms with Crippen LogP contribution >= 0.6 is 11.6 Å². The Morgan fingerprint density at radius 2 is 1.56 bits per heavy atom. The molecule has 1 fully saturated rings. The van der Waals surface area contributed by atoms with Crippen molar-refractivity contribution in [3.05, 3.63) is 95.0 Å². The first-order valence-electron chi connectivity index (χ1n) is 11.3. The van der Waals surface area contributed by atoms with Crippen molar-refractivity contribution in [2.75, 3.05) is 12.1 Å². The maximum Gasteiger partial charge on any atom is 0.260 e. The number of ether oxygens (including phenoxy) is 1. The summed E-state index contributed by atoms with van der Waals surface area (Å²) < 4.78 is 5.33. The fraction of sp³-hybridized carbons (Fsp3) is 0.250. The van der Waals surface area contributed by atoms with Gasteiger partial charge in [0.2, 0.25) is 0 Å². The van der Waals surface area contributed by atoms with Crippen LogP contribution < -0.4 is 9.75 Å². The molecule has 5 nitrogen and oxygen atoms in total. The third-order valence-electron chi connectivity index (χ3n) is 7.16. The van der Waals surface area contributed by atoms with Crippen LogP contribution in [0, 0.1) is 5.41 Å². The number of nitrogens with zero attached hydrogens (tertiary/aromatic N) is 2. The lowest BCUT2D eigenvalue weighted by Gasteiger charge is -2.46. The van der Waals surface area contributed by atoms with Crippen LogP contribution in [0.15, 0.2) is 84.0 Å². The molecule has 0 unspecified atom stereocenters. The summed E-state index contributed by atoms with van der Waals surface area (Å²) in [6.07, 6.45) is 0.492. The number of hydrogen-bond acceptors (Lipinski definition) is 4. The van der Waals surface area contributed by atoms with E-state index in [-0.39, 0.29) is 30.4 Å². The van der Waals surface area contributed by atoms with E-state index in [0.29, 0.717) is 16.4 Å². The molecular formula is C28H25ClN2O3. The van der Waals surface area contributed by atoms with Crippen molar-refractivity contribution < 1.29 is 14.3 Å². The summed E-state index contributed by atoms with van der Waals surface area (Å²) >= 11 is 6.66. The van der Waals surface area contributed by atoms with Crippen LogP contribution in [0.25, 0.3) is 0 Å². The molecular weight excluding hydrogens is 448 g/mol. The average Bonchev–Trinajstić information content (AvgIpc) is 3.12. The van der Waals surface area contributed by atoms with Crippen molar-refractivity contribution in [3.63, 3.8) is 0 Å². The molecule has 1 aliphatic heterocycles. The molecule has 0 saturated heterocycles. The van der Waals surface area contributed by atoms with Crippen molar-refractivity contribution in [3.8, 4) is 5.75 Å². The molecule has 3 atom stereocenters. The summed E-state index contributed by atoms with van der Waals surface area (Å²) in [5.74, 6) is -0.119. The summed E-state index contributed by atoms with van der Waals surface area (Å²) in [5.41, 5.74) is 2.06. The number of carbonyl (C=O) groups excluding carboxylic acids is 2. The van der Waals surface area contributed by atoms with Crippen molar-refractivity contribution >= 4 is 34.7 Å². The summed E-state index contributed by atoms with van der Waals surface area (Å²) in [6, 6.07) is 24.5. The maximum absolute atomic E-state index is 14.4. The second-order valence-corrected chi connectivity index (χ2v) is 9.26. The number of anilines is 1. The smallest absolute Gasteiger partial charge is 0.260 e. The van der Waals surface area contributed by atoms with E-state index in [9.17, 15) is 9.59 Å². The molecule has 2 aliphatic rings. The number of amides is 1. The van der Waals surface area contributed by atoms with Crippen LogP contribution in [0.2, 0.25) is 5.02 Å². The zero-order valence-corrected chi connectivity index (χ0v) is 19.8. The van der Waals surface area contributed by atoms with Crippen LogP contribution in [-0.2, 0) is 9.59 Å². The zero-order chi connectivity index (χ0) is 23.9. The number of halogens is 1. The molecule has 5 rings (SSSR count). The first-order chi connectivity index (χ1) is 16.5. The molecule has 1 heterocycles. The standard InChI is InChI=1S/C28H25ClN2O3/c1-18-28(27(33)31(30-18)20-8-4-3-5-9-20)24(19-12-14-22(34-2)15-13-19)16-21(32)17-25(28)23-10-6-7-11-26(23)29/h3-15,24-25H,16-17H2,1-2H3/t24-,25-,28-/m1/s1. The number of hydrazone groups is 1. The van der Waals surface area contributed by atoms with Gasteiger partial charge in [-0.3, -0.25) is 9.59 Å². The van der Waals surface area contributed by atoms with E-state index in [1.165, 1.54) is 5.01 Å². The zero-order valence-electron chi connectivity index (χ0n) is 19.1. The second-order valence-electron chi connectivity index (χ2n) is 8.85. The number of ketones is 1. The SMILES string of the molecule is COc1ccc([C@H]2CC(=O)C[C@H](c3ccccc3Cl)[C@]23C(=O)N(c2ccccc2)N=C3C)cc1. The number of carbonyl (C=O) groups is 2. The highest BCUT2D eigenvalue weighted by Crippen LogP contribution is 2.59. The van der Waals surface area contributed by atoms with Gasteiger partial charge in [-0.15, -0.1) is 0 Å². The van der Waals surface area contributed by atoms with Gasteiger partial charge in [0.15, 0.2) is 0 Å². The number of methoxy groups -OCH3 is 1. The molecule has 0 bridgehead atoms. The van der Waals surface area contributed by atoms with Gasteiger partial charge < -0.3 is 4.74 Å². The Bertz CT molecular complexity index is 1270. The first-order valence-corrected chi connectivity index (χ1v) is 11.7. The molecule has 0 N–H and O–H groups in total. The molecule has 0 radical (unpaired) electrons. The lowest BCUT2D eigenvalue weighted by molar-refractivity contribution is -0.131. The molecule has 3 aromatic carbocycles. The van der Waals surface area contributed by atoms with Gasteiger partial charge >= 0.3 is 0 Å². The van der Waals surface area contributed by atoms with E-state index in [2.05, 4.69) is 0 Å². The number of rotatable bonds is 4. The highest BCUT2D eigenvalue weighted by atomic mass is 35.5. The van der Waals surface area contributed by atoms with Gasteiger partial charge in [-0.2, -0.15) is 10.1 Å². The maximum atomic E-state index is 14.4. The number of benzene rings is 3. The Labute approximate surface area is 204 Å². The van der Waals surface area contributed by atoms with E-state index in [4.69, 9.17) is 21.4 Å². The van der Waals surface area contributed by atoms with Gasteiger partial charge in [-0.05, 0) is 48.4 Å². The van der Waals surface area contributed by atoms with Gasteiger partial charge in [0.05, 0.1) is 18.5 Å². The Balaban J connectivity index is 1.73. The van der Waals surface area contributed by atoms with Crippen LogP contribution in [0.1, 0.15) is 42.7 Å².